The third-order valence-corrected chi connectivity index (χ3v) is 3.13. The van der Waals surface area contributed by atoms with Crippen molar-refractivity contribution < 1.29 is 9.90 Å². The molecule has 5 heteroatoms. The molecule has 0 atom stereocenters. The number of aromatic nitrogens is 1. The van der Waals surface area contributed by atoms with E-state index in [0.29, 0.717) is 11.3 Å². The first kappa shape index (κ1) is 14.4. The van der Waals surface area contributed by atoms with Gasteiger partial charge < -0.3 is 5.11 Å². The Morgan fingerprint density at radius 1 is 1.40 bits per heavy atom. The minimum atomic E-state index is -0.166. The second-order valence-corrected chi connectivity index (χ2v) is 5.23. The van der Waals surface area contributed by atoms with Crippen LogP contribution in [0.4, 0.5) is 0 Å². The predicted octanol–water partition coefficient (Wildman–Crippen LogP) is 3.16. The SMILES string of the molecule is Cc1ccc(C=NCC(=O)c2ccc(Br)cn2)c(O)c1. The van der Waals surface area contributed by atoms with Crippen molar-refractivity contribution in [3.05, 3.63) is 57.8 Å². The molecule has 0 aliphatic carbocycles. The lowest BCUT2D eigenvalue weighted by molar-refractivity contribution is 0.0997. The highest BCUT2D eigenvalue weighted by atomic mass is 79.9. The number of hydrogen-bond donors (Lipinski definition) is 1. The number of aromatic hydroxyl groups is 1. The Morgan fingerprint density at radius 3 is 2.85 bits per heavy atom. The molecule has 0 unspecified atom stereocenters. The Kier molecular flexibility index (Phi) is 4.63. The molecule has 0 saturated heterocycles. The van der Waals surface area contributed by atoms with Gasteiger partial charge in [-0.2, -0.15) is 0 Å². The molecule has 0 bridgehead atoms. The van der Waals surface area contributed by atoms with Crippen LogP contribution in [0.2, 0.25) is 0 Å². The van der Waals surface area contributed by atoms with Crippen molar-refractivity contribution in [3.8, 4) is 5.75 Å². The minimum Gasteiger partial charge on any atom is -0.507 e. The molecule has 102 valence electrons. The number of aliphatic imine (C=N–C) groups is 1. The highest BCUT2D eigenvalue weighted by Gasteiger charge is 2.05. The van der Waals surface area contributed by atoms with Gasteiger partial charge in [0, 0.05) is 22.4 Å². The molecule has 1 aromatic carbocycles. The minimum absolute atomic E-state index is 0.00193. The fraction of sp³-hybridized carbons (Fsp3) is 0.133. The molecule has 1 N–H and O–H groups in total. The summed E-state index contributed by atoms with van der Waals surface area (Å²) in [7, 11) is 0. The number of hydrogen-bond acceptors (Lipinski definition) is 4. The summed E-state index contributed by atoms with van der Waals surface area (Å²) in [6.07, 6.45) is 3.06. The van der Waals surface area contributed by atoms with Gasteiger partial charge >= 0.3 is 0 Å². The zero-order chi connectivity index (χ0) is 14.5. The van der Waals surface area contributed by atoms with Gasteiger partial charge in [0.1, 0.15) is 18.0 Å². The quantitative estimate of drug-likeness (QED) is 0.691. The van der Waals surface area contributed by atoms with Gasteiger partial charge in [0.25, 0.3) is 0 Å². The van der Waals surface area contributed by atoms with Crippen molar-refractivity contribution in [1.82, 2.24) is 4.98 Å². The molecule has 1 aromatic heterocycles. The molecular formula is C15H13BrN2O2. The fourth-order valence-corrected chi connectivity index (χ4v) is 1.85. The van der Waals surface area contributed by atoms with E-state index >= 15 is 0 Å². The normalized spacial score (nSPS) is 10.9. The zero-order valence-electron chi connectivity index (χ0n) is 10.9. The monoisotopic (exact) mass is 332 g/mol. The summed E-state index contributed by atoms with van der Waals surface area (Å²) in [6, 6.07) is 8.69. The number of benzene rings is 1. The standard InChI is InChI=1S/C15H13BrN2O2/c1-10-2-3-11(14(19)6-10)7-17-9-15(20)13-5-4-12(16)8-18-13/h2-8,19H,9H2,1H3. The molecule has 0 amide bonds. The molecule has 1 heterocycles. The van der Waals surface area contributed by atoms with Crippen molar-refractivity contribution in [2.75, 3.05) is 6.54 Å². The number of aryl methyl sites for hydroxylation is 1. The van der Waals surface area contributed by atoms with Crippen LogP contribution in [-0.4, -0.2) is 28.6 Å². The number of phenolic OH excluding ortho intramolecular Hbond substituents is 1. The molecule has 0 radical (unpaired) electrons. The summed E-state index contributed by atoms with van der Waals surface area (Å²) in [5, 5.41) is 9.71. The lowest BCUT2D eigenvalue weighted by atomic mass is 10.1. The highest BCUT2D eigenvalue weighted by Crippen LogP contribution is 2.16. The van der Waals surface area contributed by atoms with Crippen LogP contribution in [0.1, 0.15) is 21.6 Å². The molecule has 20 heavy (non-hydrogen) atoms. The van der Waals surface area contributed by atoms with Crippen LogP contribution in [0.5, 0.6) is 5.75 Å². The molecule has 0 saturated carbocycles. The van der Waals surface area contributed by atoms with E-state index in [1.807, 2.05) is 13.0 Å². The summed E-state index contributed by atoms with van der Waals surface area (Å²) < 4.78 is 0.821. The number of halogens is 1. The van der Waals surface area contributed by atoms with Crippen molar-refractivity contribution >= 4 is 27.9 Å². The van der Waals surface area contributed by atoms with Crippen LogP contribution in [-0.2, 0) is 0 Å². The van der Waals surface area contributed by atoms with E-state index in [4.69, 9.17) is 0 Å². The molecule has 4 nitrogen and oxygen atoms in total. The summed E-state index contributed by atoms with van der Waals surface area (Å²) in [6.45, 7) is 1.89. The van der Waals surface area contributed by atoms with Crippen molar-refractivity contribution in [2.24, 2.45) is 4.99 Å². The molecule has 0 spiro atoms. The summed E-state index contributed by atoms with van der Waals surface area (Å²) in [4.78, 5) is 19.9. The van der Waals surface area contributed by atoms with E-state index in [2.05, 4.69) is 25.9 Å². The Morgan fingerprint density at radius 2 is 2.20 bits per heavy atom. The molecule has 2 aromatic rings. The number of Topliss-reactive ketones (excluding diaryl/α,β-unsaturated/α-hetero) is 1. The third-order valence-electron chi connectivity index (χ3n) is 2.66. The van der Waals surface area contributed by atoms with Crippen LogP contribution in [0.25, 0.3) is 0 Å². The average molecular weight is 333 g/mol. The van der Waals surface area contributed by atoms with Gasteiger partial charge in [0.05, 0.1) is 0 Å². The van der Waals surface area contributed by atoms with Crippen molar-refractivity contribution in [1.29, 1.82) is 0 Å². The van der Waals surface area contributed by atoms with Gasteiger partial charge in [-0.05, 0) is 52.7 Å². The van der Waals surface area contributed by atoms with Crippen LogP contribution in [0.15, 0.2) is 46.0 Å². The lowest BCUT2D eigenvalue weighted by Gasteiger charge is -2.00. The number of carbonyl (C=O) groups is 1. The molecule has 0 fully saturated rings. The van der Waals surface area contributed by atoms with Crippen LogP contribution in [0.3, 0.4) is 0 Å². The number of nitrogens with zero attached hydrogens (tertiary/aromatic N) is 2. The molecule has 2 rings (SSSR count). The van der Waals surface area contributed by atoms with E-state index in [1.165, 1.54) is 6.21 Å². The Bertz CT molecular complexity index is 651. The maximum absolute atomic E-state index is 11.8. The number of rotatable bonds is 4. The molecule has 0 aliphatic rings. The van der Waals surface area contributed by atoms with E-state index in [-0.39, 0.29) is 18.1 Å². The Hall–Kier alpha value is -2.01. The van der Waals surface area contributed by atoms with Crippen LogP contribution >= 0.6 is 15.9 Å². The zero-order valence-corrected chi connectivity index (χ0v) is 12.5. The van der Waals surface area contributed by atoms with Crippen molar-refractivity contribution in [3.63, 3.8) is 0 Å². The summed E-state index contributed by atoms with van der Waals surface area (Å²) >= 11 is 3.26. The number of ketones is 1. The first-order chi connectivity index (χ1) is 9.56. The topological polar surface area (TPSA) is 62.5 Å². The van der Waals surface area contributed by atoms with Gasteiger partial charge in [-0.25, -0.2) is 0 Å². The predicted molar refractivity (Wildman–Crippen MR) is 81.6 cm³/mol. The van der Waals surface area contributed by atoms with Gasteiger partial charge in [-0.3, -0.25) is 14.8 Å². The van der Waals surface area contributed by atoms with Gasteiger partial charge in [-0.1, -0.05) is 6.07 Å². The summed E-state index contributed by atoms with van der Waals surface area (Å²) in [5.74, 6) is -0.0108. The first-order valence-electron chi connectivity index (χ1n) is 6.00. The van der Waals surface area contributed by atoms with E-state index in [0.717, 1.165) is 10.0 Å². The first-order valence-corrected chi connectivity index (χ1v) is 6.80. The van der Waals surface area contributed by atoms with E-state index in [9.17, 15) is 9.90 Å². The third kappa shape index (κ3) is 3.74. The maximum atomic E-state index is 11.8. The Balaban J connectivity index is 2.02. The highest BCUT2D eigenvalue weighted by molar-refractivity contribution is 9.10. The second-order valence-electron chi connectivity index (χ2n) is 4.32. The van der Waals surface area contributed by atoms with Crippen molar-refractivity contribution in [2.45, 2.75) is 6.92 Å². The van der Waals surface area contributed by atoms with Gasteiger partial charge in [-0.15, -0.1) is 0 Å². The smallest absolute Gasteiger partial charge is 0.202 e. The second kappa shape index (κ2) is 6.43. The van der Waals surface area contributed by atoms with Gasteiger partial charge in [0.2, 0.25) is 5.78 Å². The van der Waals surface area contributed by atoms with Crippen LogP contribution < -0.4 is 0 Å². The molecule has 0 aliphatic heterocycles. The lowest BCUT2D eigenvalue weighted by Crippen LogP contribution is -2.05. The average Bonchev–Trinajstić information content (AvgIpc) is 2.42. The largest absolute Gasteiger partial charge is 0.507 e. The molecular weight excluding hydrogens is 320 g/mol. The number of phenols is 1. The summed E-state index contributed by atoms with van der Waals surface area (Å²) in [5.41, 5.74) is 1.93. The maximum Gasteiger partial charge on any atom is 0.202 e. The number of pyridine rings is 1. The van der Waals surface area contributed by atoms with E-state index in [1.54, 1.807) is 30.5 Å². The number of carbonyl (C=O) groups excluding carboxylic acids is 1. The van der Waals surface area contributed by atoms with Gasteiger partial charge in [0.15, 0.2) is 0 Å². The fourth-order valence-electron chi connectivity index (χ4n) is 1.61. The van der Waals surface area contributed by atoms with Crippen LogP contribution in [0, 0.1) is 6.92 Å². The Labute approximate surface area is 125 Å². The van der Waals surface area contributed by atoms with E-state index < -0.39 is 0 Å².